The minimum Gasteiger partial charge on any atom is -0.367 e. The Kier molecular flexibility index (Phi) is 3.33. The van der Waals surface area contributed by atoms with Crippen LogP contribution in [0.4, 0.5) is 5.82 Å². The number of hydrogen-bond acceptors (Lipinski definition) is 3. The van der Waals surface area contributed by atoms with Gasteiger partial charge in [0.25, 0.3) is 0 Å². The molecule has 16 heavy (non-hydrogen) atoms. The van der Waals surface area contributed by atoms with Gasteiger partial charge in [0.1, 0.15) is 5.82 Å². The average Bonchev–Trinajstić information content (AvgIpc) is 2.48. The van der Waals surface area contributed by atoms with Crippen molar-refractivity contribution in [2.45, 2.75) is 39.7 Å². The first-order valence-corrected chi connectivity index (χ1v) is 6.22. The van der Waals surface area contributed by atoms with Crippen LogP contribution in [0.15, 0.2) is 6.07 Å². The minimum atomic E-state index is 0.321. The van der Waals surface area contributed by atoms with Gasteiger partial charge in [-0.2, -0.15) is 0 Å². The van der Waals surface area contributed by atoms with Crippen LogP contribution in [0.1, 0.15) is 32.4 Å². The molecule has 0 bridgehead atoms. The van der Waals surface area contributed by atoms with Gasteiger partial charge in [0, 0.05) is 17.8 Å². The standard InChI is InChI=1S/C12H18ClN3/c1-7-4-5-10(9(7)3)15-11-6-8(2)14-12(13)16-11/h6-7,9-10H,4-5H2,1-3H3,(H,14,15,16). The molecule has 1 aromatic heterocycles. The van der Waals surface area contributed by atoms with Crippen LogP contribution in [0, 0.1) is 18.8 Å². The summed E-state index contributed by atoms with van der Waals surface area (Å²) in [5, 5.41) is 3.79. The summed E-state index contributed by atoms with van der Waals surface area (Å²) < 4.78 is 0. The molecule has 0 amide bonds. The fraction of sp³-hybridized carbons (Fsp3) is 0.667. The van der Waals surface area contributed by atoms with Gasteiger partial charge in [-0.3, -0.25) is 0 Å². The van der Waals surface area contributed by atoms with Gasteiger partial charge >= 0.3 is 0 Å². The second-order valence-electron chi connectivity index (χ2n) is 4.83. The van der Waals surface area contributed by atoms with E-state index < -0.39 is 0 Å². The highest BCUT2D eigenvalue weighted by Gasteiger charge is 2.29. The molecule has 3 nitrogen and oxygen atoms in total. The van der Waals surface area contributed by atoms with Crippen molar-refractivity contribution in [3.63, 3.8) is 0 Å². The van der Waals surface area contributed by atoms with E-state index in [1.807, 2.05) is 13.0 Å². The maximum absolute atomic E-state index is 5.84. The minimum absolute atomic E-state index is 0.321. The summed E-state index contributed by atoms with van der Waals surface area (Å²) in [6.07, 6.45) is 2.50. The lowest BCUT2D eigenvalue weighted by Gasteiger charge is -2.20. The Morgan fingerprint density at radius 3 is 2.62 bits per heavy atom. The first-order chi connectivity index (χ1) is 7.56. The van der Waals surface area contributed by atoms with Crippen LogP contribution in [-0.4, -0.2) is 16.0 Å². The van der Waals surface area contributed by atoms with E-state index in [0.29, 0.717) is 17.2 Å². The zero-order valence-corrected chi connectivity index (χ0v) is 10.8. The summed E-state index contributed by atoms with van der Waals surface area (Å²) in [6, 6.07) is 2.46. The van der Waals surface area contributed by atoms with Crippen molar-refractivity contribution in [2.24, 2.45) is 11.8 Å². The van der Waals surface area contributed by atoms with E-state index in [1.165, 1.54) is 12.8 Å². The van der Waals surface area contributed by atoms with Crippen molar-refractivity contribution in [3.8, 4) is 0 Å². The van der Waals surface area contributed by atoms with Crippen LogP contribution in [0.25, 0.3) is 0 Å². The molecule has 0 radical (unpaired) electrons. The van der Waals surface area contributed by atoms with Crippen LogP contribution in [-0.2, 0) is 0 Å². The number of nitrogens with zero attached hydrogens (tertiary/aromatic N) is 2. The molecule has 0 spiro atoms. The van der Waals surface area contributed by atoms with Crippen LogP contribution >= 0.6 is 11.6 Å². The van der Waals surface area contributed by atoms with E-state index in [4.69, 9.17) is 11.6 Å². The second kappa shape index (κ2) is 4.58. The Hall–Kier alpha value is -0.830. The van der Waals surface area contributed by atoms with Crippen LogP contribution in [0.2, 0.25) is 5.28 Å². The van der Waals surface area contributed by atoms with E-state index in [2.05, 4.69) is 29.1 Å². The predicted molar refractivity (Wildman–Crippen MR) is 66.8 cm³/mol. The summed E-state index contributed by atoms with van der Waals surface area (Å²) in [4.78, 5) is 8.26. The van der Waals surface area contributed by atoms with E-state index in [0.717, 1.165) is 17.4 Å². The van der Waals surface area contributed by atoms with Crippen molar-refractivity contribution >= 4 is 17.4 Å². The van der Waals surface area contributed by atoms with Crippen molar-refractivity contribution in [1.82, 2.24) is 9.97 Å². The Labute approximate surface area is 102 Å². The average molecular weight is 240 g/mol. The number of anilines is 1. The summed E-state index contributed by atoms with van der Waals surface area (Å²) >= 11 is 5.84. The second-order valence-corrected chi connectivity index (χ2v) is 5.17. The quantitative estimate of drug-likeness (QED) is 0.805. The van der Waals surface area contributed by atoms with E-state index in [9.17, 15) is 0 Å². The molecule has 1 heterocycles. The molecule has 3 unspecified atom stereocenters. The number of hydrogen-bond donors (Lipinski definition) is 1. The number of halogens is 1. The largest absolute Gasteiger partial charge is 0.367 e. The highest BCUT2D eigenvalue weighted by atomic mass is 35.5. The lowest BCUT2D eigenvalue weighted by Crippen LogP contribution is -2.24. The normalized spacial score (nSPS) is 29.4. The van der Waals surface area contributed by atoms with Gasteiger partial charge in [-0.1, -0.05) is 13.8 Å². The molecule has 1 N–H and O–H groups in total. The van der Waals surface area contributed by atoms with Gasteiger partial charge in [-0.25, -0.2) is 9.97 Å². The molecule has 4 heteroatoms. The first-order valence-electron chi connectivity index (χ1n) is 5.84. The third kappa shape index (κ3) is 2.46. The first kappa shape index (κ1) is 11.6. The van der Waals surface area contributed by atoms with Crippen LogP contribution < -0.4 is 5.32 Å². The molecule has 0 saturated heterocycles. The molecule has 2 rings (SSSR count). The maximum atomic E-state index is 5.84. The third-order valence-electron chi connectivity index (χ3n) is 3.63. The van der Waals surface area contributed by atoms with Crippen molar-refractivity contribution in [3.05, 3.63) is 17.0 Å². The van der Waals surface area contributed by atoms with Crippen molar-refractivity contribution < 1.29 is 0 Å². The molecule has 1 aromatic rings. The van der Waals surface area contributed by atoms with Crippen LogP contribution in [0.5, 0.6) is 0 Å². The van der Waals surface area contributed by atoms with Crippen molar-refractivity contribution in [1.29, 1.82) is 0 Å². The Morgan fingerprint density at radius 1 is 1.31 bits per heavy atom. The third-order valence-corrected chi connectivity index (χ3v) is 3.79. The molecule has 1 aliphatic carbocycles. The summed E-state index contributed by atoms with van der Waals surface area (Å²) in [6.45, 7) is 6.54. The van der Waals surface area contributed by atoms with E-state index in [1.54, 1.807) is 0 Å². The summed E-state index contributed by atoms with van der Waals surface area (Å²) in [5.41, 5.74) is 0.904. The smallest absolute Gasteiger partial charge is 0.224 e. The molecule has 1 fully saturated rings. The lowest BCUT2D eigenvalue weighted by atomic mass is 9.98. The highest BCUT2D eigenvalue weighted by Crippen LogP contribution is 2.33. The van der Waals surface area contributed by atoms with E-state index in [-0.39, 0.29) is 0 Å². The zero-order chi connectivity index (χ0) is 11.7. The van der Waals surface area contributed by atoms with Crippen molar-refractivity contribution in [2.75, 3.05) is 5.32 Å². The number of aromatic nitrogens is 2. The van der Waals surface area contributed by atoms with Crippen LogP contribution in [0.3, 0.4) is 0 Å². The Bertz CT molecular complexity index is 360. The predicted octanol–water partition coefficient (Wildman–Crippen LogP) is 3.28. The van der Waals surface area contributed by atoms with Gasteiger partial charge in [0.15, 0.2) is 0 Å². The van der Waals surface area contributed by atoms with E-state index >= 15 is 0 Å². The highest BCUT2D eigenvalue weighted by molar-refractivity contribution is 6.28. The number of nitrogens with one attached hydrogen (secondary N) is 1. The fourth-order valence-electron chi connectivity index (χ4n) is 2.36. The molecule has 1 saturated carbocycles. The molecular formula is C12H18ClN3. The van der Waals surface area contributed by atoms with Gasteiger partial charge in [0.05, 0.1) is 0 Å². The monoisotopic (exact) mass is 239 g/mol. The molecule has 3 atom stereocenters. The SMILES string of the molecule is Cc1cc(NC2CCC(C)C2C)nc(Cl)n1. The molecule has 1 aliphatic rings. The summed E-state index contributed by atoms with van der Waals surface area (Å²) in [5.74, 6) is 2.33. The molecular weight excluding hydrogens is 222 g/mol. The van der Waals surface area contributed by atoms with Gasteiger partial charge in [-0.05, 0) is 43.2 Å². The number of rotatable bonds is 2. The fourth-order valence-corrected chi connectivity index (χ4v) is 2.59. The maximum Gasteiger partial charge on any atom is 0.224 e. The number of aryl methyl sites for hydroxylation is 1. The molecule has 88 valence electrons. The molecule has 0 aromatic carbocycles. The Morgan fingerprint density at radius 2 is 2.06 bits per heavy atom. The topological polar surface area (TPSA) is 37.8 Å². The van der Waals surface area contributed by atoms with Gasteiger partial charge in [0.2, 0.25) is 5.28 Å². The zero-order valence-electron chi connectivity index (χ0n) is 10.00. The summed E-state index contributed by atoms with van der Waals surface area (Å²) in [7, 11) is 0. The van der Waals surface area contributed by atoms with Gasteiger partial charge < -0.3 is 5.32 Å². The Balaban J connectivity index is 2.09. The molecule has 0 aliphatic heterocycles. The lowest BCUT2D eigenvalue weighted by molar-refractivity contribution is 0.435. The van der Waals surface area contributed by atoms with Gasteiger partial charge in [-0.15, -0.1) is 0 Å².